The quantitative estimate of drug-likeness (QED) is 0.661. The van der Waals surface area contributed by atoms with Gasteiger partial charge in [-0.1, -0.05) is 29.8 Å². The average molecular weight is 209 g/mol. The largest absolute Gasteiger partial charge is 0.480 e. The molecule has 15 heavy (non-hydrogen) atoms. The summed E-state index contributed by atoms with van der Waals surface area (Å²) in [6.45, 7) is 2.03. The molecule has 4 heteroatoms. The Morgan fingerprint density at radius 1 is 1.40 bits per heavy atom. The Kier molecular flexibility index (Phi) is 4.27. The smallest absolute Gasteiger partial charge is 0.323 e. The number of carboxylic acid groups (broad SMARTS) is 1. The number of hydrogen-bond donors (Lipinski definition) is 3. The van der Waals surface area contributed by atoms with Gasteiger partial charge in [-0.2, -0.15) is 0 Å². The fraction of sp³-hybridized carbons (Fsp3) is 0.364. The van der Waals surface area contributed by atoms with Gasteiger partial charge < -0.3 is 10.2 Å². The molecular formula is C11H15NO3. The van der Waals surface area contributed by atoms with E-state index in [0.29, 0.717) is 6.54 Å². The minimum absolute atomic E-state index is 0.402. The number of hydrogen-bond acceptors (Lipinski definition) is 3. The van der Waals surface area contributed by atoms with Crippen LogP contribution < -0.4 is 5.32 Å². The summed E-state index contributed by atoms with van der Waals surface area (Å²) in [5, 5.41) is 20.2. The molecule has 0 radical (unpaired) electrons. The second-order valence-electron chi connectivity index (χ2n) is 3.44. The molecule has 0 bridgehead atoms. The Hall–Kier alpha value is -1.39. The number of carbonyl (C=O) groups is 1. The topological polar surface area (TPSA) is 69.6 Å². The van der Waals surface area contributed by atoms with Crippen LogP contribution in [0.4, 0.5) is 0 Å². The highest BCUT2D eigenvalue weighted by molar-refractivity contribution is 5.73. The molecule has 82 valence electrons. The first-order valence-electron chi connectivity index (χ1n) is 4.76. The normalized spacial score (nSPS) is 12.4. The summed E-state index contributed by atoms with van der Waals surface area (Å²) in [7, 11) is 0. The van der Waals surface area contributed by atoms with E-state index in [1.807, 2.05) is 31.2 Å². The number of rotatable bonds is 5. The Bertz CT molecular complexity index is 321. The minimum atomic E-state index is -1.04. The fourth-order valence-electron chi connectivity index (χ4n) is 1.18. The number of aliphatic hydroxyl groups excluding tert-OH is 1. The molecule has 1 atom stereocenters. The van der Waals surface area contributed by atoms with Gasteiger partial charge in [-0.05, 0) is 12.5 Å². The zero-order valence-electron chi connectivity index (χ0n) is 8.60. The maximum atomic E-state index is 10.6. The predicted molar refractivity (Wildman–Crippen MR) is 56.5 cm³/mol. The molecule has 0 aliphatic carbocycles. The van der Waals surface area contributed by atoms with E-state index >= 15 is 0 Å². The number of carboxylic acids is 1. The molecule has 0 aliphatic rings. The molecule has 1 aromatic carbocycles. The van der Waals surface area contributed by atoms with Gasteiger partial charge >= 0.3 is 5.97 Å². The van der Waals surface area contributed by atoms with E-state index in [1.165, 1.54) is 0 Å². The molecule has 1 aromatic rings. The second kappa shape index (κ2) is 5.48. The first kappa shape index (κ1) is 11.7. The standard InChI is InChI=1S/C11H15NO3/c1-8-2-4-9(5-3-8)6-12-10(7-13)11(14)15/h2-5,10,12-13H,6-7H2,1H3,(H,14,15)/t10-/m0/s1. The number of benzene rings is 1. The molecule has 3 N–H and O–H groups in total. The van der Waals surface area contributed by atoms with Gasteiger partial charge in [-0.15, -0.1) is 0 Å². The third-order valence-electron chi connectivity index (χ3n) is 2.15. The number of aliphatic hydroxyl groups is 1. The van der Waals surface area contributed by atoms with Gasteiger partial charge in [-0.3, -0.25) is 10.1 Å². The summed E-state index contributed by atoms with van der Waals surface area (Å²) in [5.41, 5.74) is 2.16. The molecular weight excluding hydrogens is 194 g/mol. The van der Waals surface area contributed by atoms with E-state index in [9.17, 15) is 4.79 Å². The maximum absolute atomic E-state index is 10.6. The zero-order chi connectivity index (χ0) is 11.3. The lowest BCUT2D eigenvalue weighted by molar-refractivity contribution is -0.140. The molecule has 1 rings (SSSR count). The van der Waals surface area contributed by atoms with Gasteiger partial charge in [0.25, 0.3) is 0 Å². The van der Waals surface area contributed by atoms with Crippen molar-refractivity contribution in [2.75, 3.05) is 6.61 Å². The molecule has 0 saturated carbocycles. The third-order valence-corrected chi connectivity index (χ3v) is 2.15. The maximum Gasteiger partial charge on any atom is 0.323 e. The van der Waals surface area contributed by atoms with Gasteiger partial charge in [0.05, 0.1) is 6.61 Å². The lowest BCUT2D eigenvalue weighted by atomic mass is 10.1. The Morgan fingerprint density at radius 2 is 2.00 bits per heavy atom. The van der Waals surface area contributed by atoms with Crippen LogP contribution in [0.2, 0.25) is 0 Å². The lowest BCUT2D eigenvalue weighted by Crippen LogP contribution is -2.39. The Balaban J connectivity index is 2.49. The summed E-state index contributed by atoms with van der Waals surface area (Å²) in [6.07, 6.45) is 0. The van der Waals surface area contributed by atoms with Gasteiger partial charge in [-0.25, -0.2) is 0 Å². The molecule has 0 unspecified atom stereocenters. The Labute approximate surface area is 88.6 Å². The van der Waals surface area contributed by atoms with Crippen molar-refractivity contribution in [1.82, 2.24) is 5.32 Å². The minimum Gasteiger partial charge on any atom is -0.480 e. The number of aryl methyl sites for hydroxylation is 1. The van der Waals surface area contributed by atoms with Crippen LogP contribution in [0.15, 0.2) is 24.3 Å². The summed E-state index contributed by atoms with van der Waals surface area (Å²) in [4.78, 5) is 10.6. The molecule has 0 aliphatic heterocycles. The van der Waals surface area contributed by atoms with Crippen LogP contribution in [0, 0.1) is 6.92 Å². The van der Waals surface area contributed by atoms with Crippen molar-refractivity contribution >= 4 is 5.97 Å². The molecule has 0 fully saturated rings. The van der Waals surface area contributed by atoms with E-state index in [2.05, 4.69) is 5.32 Å². The summed E-state index contributed by atoms with van der Waals surface area (Å²) >= 11 is 0. The summed E-state index contributed by atoms with van der Waals surface area (Å²) in [5.74, 6) is -1.04. The lowest BCUT2D eigenvalue weighted by Gasteiger charge is -2.11. The van der Waals surface area contributed by atoms with Gasteiger partial charge in [0.2, 0.25) is 0 Å². The predicted octanol–water partition coefficient (Wildman–Crippen LogP) is 0.530. The van der Waals surface area contributed by atoms with Gasteiger partial charge in [0.15, 0.2) is 0 Å². The van der Waals surface area contributed by atoms with E-state index in [-0.39, 0.29) is 0 Å². The zero-order valence-corrected chi connectivity index (χ0v) is 8.60. The molecule has 0 aromatic heterocycles. The first-order valence-corrected chi connectivity index (χ1v) is 4.76. The highest BCUT2D eigenvalue weighted by atomic mass is 16.4. The first-order chi connectivity index (χ1) is 7.13. The van der Waals surface area contributed by atoms with Gasteiger partial charge in [0, 0.05) is 6.54 Å². The van der Waals surface area contributed by atoms with Crippen LogP contribution in [-0.2, 0) is 11.3 Å². The Morgan fingerprint density at radius 3 is 2.47 bits per heavy atom. The van der Waals surface area contributed by atoms with Crippen molar-refractivity contribution in [3.8, 4) is 0 Å². The summed E-state index contributed by atoms with van der Waals surface area (Å²) in [6, 6.07) is 6.89. The molecule has 0 spiro atoms. The number of aliphatic carboxylic acids is 1. The van der Waals surface area contributed by atoms with Crippen molar-refractivity contribution in [2.45, 2.75) is 19.5 Å². The molecule has 0 amide bonds. The van der Waals surface area contributed by atoms with E-state index < -0.39 is 18.6 Å². The van der Waals surface area contributed by atoms with E-state index in [0.717, 1.165) is 11.1 Å². The van der Waals surface area contributed by atoms with Crippen LogP contribution in [0.3, 0.4) is 0 Å². The third kappa shape index (κ3) is 3.69. The second-order valence-corrected chi connectivity index (χ2v) is 3.44. The van der Waals surface area contributed by atoms with E-state index in [4.69, 9.17) is 10.2 Å². The van der Waals surface area contributed by atoms with Crippen molar-refractivity contribution in [1.29, 1.82) is 0 Å². The summed E-state index contributed by atoms with van der Waals surface area (Å²) < 4.78 is 0. The fourth-order valence-corrected chi connectivity index (χ4v) is 1.18. The highest BCUT2D eigenvalue weighted by Crippen LogP contribution is 2.02. The van der Waals surface area contributed by atoms with E-state index in [1.54, 1.807) is 0 Å². The highest BCUT2D eigenvalue weighted by Gasteiger charge is 2.14. The van der Waals surface area contributed by atoms with Gasteiger partial charge in [0.1, 0.15) is 6.04 Å². The van der Waals surface area contributed by atoms with Crippen molar-refractivity contribution in [2.24, 2.45) is 0 Å². The van der Waals surface area contributed by atoms with Crippen molar-refractivity contribution in [3.63, 3.8) is 0 Å². The molecule has 0 saturated heterocycles. The monoisotopic (exact) mass is 209 g/mol. The van der Waals surface area contributed by atoms with Crippen LogP contribution in [0.25, 0.3) is 0 Å². The van der Waals surface area contributed by atoms with Crippen LogP contribution >= 0.6 is 0 Å². The van der Waals surface area contributed by atoms with Crippen LogP contribution in [-0.4, -0.2) is 28.8 Å². The average Bonchev–Trinajstić information content (AvgIpc) is 2.21. The SMILES string of the molecule is Cc1ccc(CN[C@@H](CO)C(=O)O)cc1. The van der Waals surface area contributed by atoms with Crippen molar-refractivity contribution < 1.29 is 15.0 Å². The van der Waals surface area contributed by atoms with Crippen molar-refractivity contribution in [3.05, 3.63) is 35.4 Å². The molecule has 0 heterocycles. The van der Waals surface area contributed by atoms with Crippen LogP contribution in [0.1, 0.15) is 11.1 Å². The van der Waals surface area contributed by atoms with Crippen LogP contribution in [0.5, 0.6) is 0 Å². The molecule has 4 nitrogen and oxygen atoms in total. The number of nitrogens with one attached hydrogen (secondary N) is 1.